The third kappa shape index (κ3) is 2.40. The average Bonchev–Trinajstić information content (AvgIpc) is 2.37. The Hall–Kier alpha value is -1.77. The molecule has 4 nitrogen and oxygen atoms in total. The standard InChI is InChI=1S/C12H8ClN3OS/c1-18-12-15-10(9(6-14)11(17)16-12)7-3-2-4-8(13)5-7/h2-5H,1H3,(H,15,16,17). The SMILES string of the molecule is CSc1nc(-c2cccc(Cl)c2)c(C#N)c(=O)[nH]1. The monoisotopic (exact) mass is 277 g/mol. The summed E-state index contributed by atoms with van der Waals surface area (Å²) >= 11 is 7.21. The van der Waals surface area contributed by atoms with E-state index in [1.807, 2.05) is 6.07 Å². The van der Waals surface area contributed by atoms with E-state index in [4.69, 9.17) is 16.9 Å². The van der Waals surface area contributed by atoms with Gasteiger partial charge in [-0.25, -0.2) is 4.98 Å². The Kier molecular flexibility index (Phi) is 3.70. The highest BCUT2D eigenvalue weighted by Gasteiger charge is 2.13. The van der Waals surface area contributed by atoms with Crippen molar-refractivity contribution in [1.82, 2.24) is 9.97 Å². The first-order chi connectivity index (χ1) is 8.65. The van der Waals surface area contributed by atoms with E-state index in [-0.39, 0.29) is 5.56 Å². The lowest BCUT2D eigenvalue weighted by Gasteiger charge is -2.05. The molecule has 0 aliphatic heterocycles. The summed E-state index contributed by atoms with van der Waals surface area (Å²) in [6.45, 7) is 0. The number of rotatable bonds is 2. The molecule has 0 radical (unpaired) electrons. The van der Waals surface area contributed by atoms with Crippen molar-refractivity contribution in [1.29, 1.82) is 5.26 Å². The molecule has 18 heavy (non-hydrogen) atoms. The molecule has 0 spiro atoms. The largest absolute Gasteiger partial charge is 0.300 e. The first-order valence-electron chi connectivity index (χ1n) is 5.00. The van der Waals surface area contributed by atoms with Crippen LogP contribution in [-0.4, -0.2) is 16.2 Å². The number of halogens is 1. The Labute approximate surface area is 113 Å². The van der Waals surface area contributed by atoms with Gasteiger partial charge in [0.15, 0.2) is 5.16 Å². The number of thioether (sulfide) groups is 1. The number of aromatic nitrogens is 2. The van der Waals surface area contributed by atoms with Gasteiger partial charge < -0.3 is 4.98 Å². The zero-order valence-corrected chi connectivity index (χ0v) is 11.0. The minimum absolute atomic E-state index is 0.00457. The summed E-state index contributed by atoms with van der Waals surface area (Å²) in [6.07, 6.45) is 1.80. The lowest BCUT2D eigenvalue weighted by molar-refractivity contribution is 0.937. The van der Waals surface area contributed by atoms with Crippen LogP contribution in [0.2, 0.25) is 5.02 Å². The van der Waals surface area contributed by atoms with Crippen molar-refractivity contribution in [2.75, 3.05) is 6.26 Å². The van der Waals surface area contributed by atoms with Gasteiger partial charge in [0.05, 0.1) is 5.69 Å². The van der Waals surface area contributed by atoms with E-state index < -0.39 is 5.56 Å². The molecular weight excluding hydrogens is 270 g/mol. The van der Waals surface area contributed by atoms with Crippen LogP contribution in [0.15, 0.2) is 34.2 Å². The molecule has 0 aliphatic carbocycles. The summed E-state index contributed by atoms with van der Waals surface area (Å²) in [5.74, 6) is 0. The fourth-order valence-corrected chi connectivity index (χ4v) is 2.07. The highest BCUT2D eigenvalue weighted by molar-refractivity contribution is 7.98. The van der Waals surface area contributed by atoms with Crippen LogP contribution in [0.3, 0.4) is 0 Å². The summed E-state index contributed by atoms with van der Waals surface area (Å²) in [7, 11) is 0. The maximum atomic E-state index is 11.7. The Bertz CT molecular complexity index is 690. The first-order valence-corrected chi connectivity index (χ1v) is 6.60. The van der Waals surface area contributed by atoms with Crippen LogP contribution in [0.25, 0.3) is 11.3 Å². The van der Waals surface area contributed by atoms with Crippen LogP contribution in [0.5, 0.6) is 0 Å². The van der Waals surface area contributed by atoms with E-state index in [9.17, 15) is 4.79 Å². The van der Waals surface area contributed by atoms with Crippen molar-refractivity contribution in [3.05, 3.63) is 45.2 Å². The minimum atomic E-state index is -0.438. The second-order valence-electron chi connectivity index (χ2n) is 3.42. The molecule has 0 atom stereocenters. The lowest BCUT2D eigenvalue weighted by Crippen LogP contribution is -2.14. The molecule has 0 bridgehead atoms. The summed E-state index contributed by atoms with van der Waals surface area (Å²) in [4.78, 5) is 18.5. The predicted molar refractivity (Wildman–Crippen MR) is 71.8 cm³/mol. The molecule has 1 heterocycles. The van der Waals surface area contributed by atoms with Crippen molar-refractivity contribution >= 4 is 23.4 Å². The van der Waals surface area contributed by atoms with Crippen molar-refractivity contribution in [2.45, 2.75) is 5.16 Å². The van der Waals surface area contributed by atoms with E-state index in [1.165, 1.54) is 11.8 Å². The summed E-state index contributed by atoms with van der Waals surface area (Å²) in [5, 5.41) is 10.0. The minimum Gasteiger partial charge on any atom is -0.300 e. The van der Waals surface area contributed by atoms with Gasteiger partial charge in [0.2, 0.25) is 0 Å². The zero-order chi connectivity index (χ0) is 13.1. The highest BCUT2D eigenvalue weighted by atomic mass is 35.5. The molecule has 0 saturated carbocycles. The number of hydrogen-bond acceptors (Lipinski definition) is 4. The van der Waals surface area contributed by atoms with Gasteiger partial charge in [-0.2, -0.15) is 5.26 Å². The normalized spacial score (nSPS) is 10.1. The van der Waals surface area contributed by atoms with Gasteiger partial charge >= 0.3 is 0 Å². The van der Waals surface area contributed by atoms with Gasteiger partial charge in [0.25, 0.3) is 5.56 Å². The zero-order valence-electron chi connectivity index (χ0n) is 9.40. The quantitative estimate of drug-likeness (QED) is 0.677. The molecule has 1 N–H and O–H groups in total. The molecule has 2 aromatic rings. The van der Waals surface area contributed by atoms with Gasteiger partial charge in [-0.3, -0.25) is 4.79 Å². The molecule has 0 unspecified atom stereocenters. The third-order valence-corrected chi connectivity index (χ3v) is 3.12. The van der Waals surface area contributed by atoms with Crippen molar-refractivity contribution < 1.29 is 0 Å². The van der Waals surface area contributed by atoms with Gasteiger partial charge in [-0.05, 0) is 18.4 Å². The molecule has 2 rings (SSSR count). The molecule has 90 valence electrons. The number of H-pyrrole nitrogens is 1. The number of nitrogens with one attached hydrogen (secondary N) is 1. The molecule has 1 aromatic heterocycles. The van der Waals surface area contributed by atoms with Crippen LogP contribution in [-0.2, 0) is 0 Å². The molecular formula is C12H8ClN3OS. The Balaban J connectivity index is 2.74. The van der Waals surface area contributed by atoms with Gasteiger partial charge in [-0.1, -0.05) is 35.5 Å². The van der Waals surface area contributed by atoms with Crippen molar-refractivity contribution in [3.63, 3.8) is 0 Å². The van der Waals surface area contributed by atoms with Crippen molar-refractivity contribution in [3.8, 4) is 17.3 Å². The molecule has 0 amide bonds. The molecule has 0 aliphatic rings. The molecule has 0 saturated heterocycles. The second kappa shape index (κ2) is 5.25. The van der Waals surface area contributed by atoms with Gasteiger partial charge in [0, 0.05) is 10.6 Å². The number of benzene rings is 1. The smallest absolute Gasteiger partial charge is 0.270 e. The maximum Gasteiger partial charge on any atom is 0.270 e. The molecule has 0 fully saturated rings. The van der Waals surface area contributed by atoms with E-state index >= 15 is 0 Å². The number of nitrogens with zero attached hydrogens (tertiary/aromatic N) is 2. The Morgan fingerprint density at radius 1 is 1.50 bits per heavy atom. The lowest BCUT2D eigenvalue weighted by atomic mass is 10.1. The van der Waals surface area contributed by atoms with Crippen LogP contribution in [0.1, 0.15) is 5.56 Å². The Morgan fingerprint density at radius 2 is 2.28 bits per heavy atom. The van der Waals surface area contributed by atoms with Gasteiger partial charge in [-0.15, -0.1) is 0 Å². The number of nitriles is 1. The maximum absolute atomic E-state index is 11.7. The summed E-state index contributed by atoms with van der Waals surface area (Å²) in [5.41, 5.74) is 0.565. The fraction of sp³-hybridized carbons (Fsp3) is 0.0833. The van der Waals surface area contributed by atoms with Crippen LogP contribution in [0.4, 0.5) is 0 Å². The number of aromatic amines is 1. The van der Waals surface area contributed by atoms with Crippen LogP contribution >= 0.6 is 23.4 Å². The van der Waals surface area contributed by atoms with E-state index in [2.05, 4.69) is 9.97 Å². The fourth-order valence-electron chi connectivity index (χ4n) is 1.50. The van der Waals surface area contributed by atoms with Crippen LogP contribution < -0.4 is 5.56 Å². The second-order valence-corrected chi connectivity index (χ2v) is 4.65. The van der Waals surface area contributed by atoms with E-state index in [0.29, 0.717) is 21.4 Å². The van der Waals surface area contributed by atoms with Crippen molar-refractivity contribution in [2.24, 2.45) is 0 Å². The topological polar surface area (TPSA) is 69.5 Å². The average molecular weight is 278 g/mol. The Morgan fingerprint density at radius 3 is 2.89 bits per heavy atom. The van der Waals surface area contributed by atoms with E-state index in [0.717, 1.165) is 0 Å². The number of hydrogen-bond donors (Lipinski definition) is 1. The van der Waals surface area contributed by atoms with E-state index in [1.54, 1.807) is 30.5 Å². The molecule has 1 aromatic carbocycles. The first kappa shape index (κ1) is 12.7. The predicted octanol–water partition coefficient (Wildman–Crippen LogP) is 2.68. The third-order valence-electron chi connectivity index (χ3n) is 2.30. The van der Waals surface area contributed by atoms with Gasteiger partial charge in [0.1, 0.15) is 11.6 Å². The highest BCUT2D eigenvalue weighted by Crippen LogP contribution is 2.23. The summed E-state index contributed by atoms with van der Waals surface area (Å²) < 4.78 is 0. The van der Waals surface area contributed by atoms with Crippen LogP contribution in [0, 0.1) is 11.3 Å². The summed E-state index contributed by atoms with van der Waals surface area (Å²) in [6, 6.07) is 8.78. The molecule has 6 heteroatoms.